The van der Waals surface area contributed by atoms with Crippen LogP contribution >= 0.6 is 0 Å². The van der Waals surface area contributed by atoms with Crippen LogP contribution in [0.2, 0.25) is 0 Å². The first-order chi connectivity index (χ1) is 8.89. The summed E-state index contributed by atoms with van der Waals surface area (Å²) in [5.74, 6) is 0.627. The molecular formula is C14H24N4O. The van der Waals surface area contributed by atoms with E-state index in [2.05, 4.69) is 36.5 Å². The Bertz CT molecular complexity index is 452. The molecule has 1 aromatic heterocycles. The van der Waals surface area contributed by atoms with Gasteiger partial charge in [0.05, 0.1) is 11.9 Å². The second-order valence-corrected chi connectivity index (χ2v) is 6.40. The average Bonchev–Trinajstić information content (AvgIpc) is 2.84. The Morgan fingerprint density at radius 2 is 2.26 bits per heavy atom. The van der Waals surface area contributed by atoms with E-state index in [0.29, 0.717) is 17.4 Å². The molecule has 2 rings (SSSR count). The summed E-state index contributed by atoms with van der Waals surface area (Å²) in [5.41, 5.74) is 1.41. The summed E-state index contributed by atoms with van der Waals surface area (Å²) in [6, 6.07) is 0.493. The van der Waals surface area contributed by atoms with Crippen LogP contribution in [0.4, 0.5) is 5.69 Å². The maximum atomic E-state index is 11.3. The van der Waals surface area contributed by atoms with Gasteiger partial charge < -0.3 is 10.6 Å². The fourth-order valence-electron chi connectivity index (χ4n) is 3.05. The van der Waals surface area contributed by atoms with Gasteiger partial charge in [0.1, 0.15) is 6.54 Å². The predicted octanol–water partition coefficient (Wildman–Crippen LogP) is 1.87. The lowest BCUT2D eigenvalue weighted by atomic mass is 9.91. The van der Waals surface area contributed by atoms with E-state index < -0.39 is 0 Å². The van der Waals surface area contributed by atoms with E-state index in [1.807, 2.05) is 6.20 Å². The molecule has 106 valence electrons. The molecule has 2 N–H and O–H groups in total. The standard InChI is InChI=1S/C14H24N4O/c1-10-5-14(2,3)6-12(10)17-11-7-16-18(8-11)9-13(19)15-4/h7-8,10,12,17H,5-6,9H2,1-4H3,(H,15,19)/t10-,12+/m0/s1. The average molecular weight is 264 g/mol. The summed E-state index contributed by atoms with van der Waals surface area (Å²) in [7, 11) is 1.63. The van der Waals surface area contributed by atoms with E-state index in [4.69, 9.17) is 0 Å². The number of anilines is 1. The molecule has 1 aromatic rings. The van der Waals surface area contributed by atoms with Crippen LogP contribution in [0.15, 0.2) is 12.4 Å². The molecule has 1 aliphatic rings. The monoisotopic (exact) mass is 264 g/mol. The first-order valence-electron chi connectivity index (χ1n) is 6.89. The smallest absolute Gasteiger partial charge is 0.241 e. The van der Waals surface area contributed by atoms with Crippen LogP contribution in [0.5, 0.6) is 0 Å². The third-order valence-electron chi connectivity index (χ3n) is 3.90. The van der Waals surface area contributed by atoms with Crippen LogP contribution in [0, 0.1) is 11.3 Å². The van der Waals surface area contributed by atoms with Crippen LogP contribution in [-0.2, 0) is 11.3 Å². The van der Waals surface area contributed by atoms with Crippen molar-refractivity contribution in [2.24, 2.45) is 11.3 Å². The van der Waals surface area contributed by atoms with E-state index >= 15 is 0 Å². The van der Waals surface area contributed by atoms with Crippen molar-refractivity contribution in [1.29, 1.82) is 0 Å². The SMILES string of the molecule is CNC(=O)Cn1cc(N[C@@H]2CC(C)(C)C[C@@H]2C)cn1. The first-order valence-corrected chi connectivity index (χ1v) is 6.89. The highest BCUT2D eigenvalue weighted by Crippen LogP contribution is 2.41. The van der Waals surface area contributed by atoms with Crippen LogP contribution in [-0.4, -0.2) is 28.8 Å². The molecule has 5 heteroatoms. The number of carbonyl (C=O) groups excluding carboxylic acids is 1. The van der Waals surface area contributed by atoms with Crippen molar-refractivity contribution in [2.45, 2.75) is 46.2 Å². The van der Waals surface area contributed by atoms with Crippen LogP contribution in [0.1, 0.15) is 33.6 Å². The summed E-state index contributed by atoms with van der Waals surface area (Å²) in [6.45, 7) is 7.20. The minimum Gasteiger partial charge on any atom is -0.379 e. The Labute approximate surface area is 114 Å². The lowest BCUT2D eigenvalue weighted by molar-refractivity contribution is -0.121. The van der Waals surface area contributed by atoms with Crippen molar-refractivity contribution in [3.8, 4) is 0 Å². The lowest BCUT2D eigenvalue weighted by Gasteiger charge is -2.18. The minimum atomic E-state index is -0.0370. The number of likely N-dealkylation sites (N-methyl/N-ethyl adjacent to an activating group) is 1. The highest BCUT2D eigenvalue weighted by molar-refractivity contribution is 5.75. The molecule has 19 heavy (non-hydrogen) atoms. The highest BCUT2D eigenvalue weighted by Gasteiger charge is 2.36. The van der Waals surface area contributed by atoms with Gasteiger partial charge in [-0.2, -0.15) is 5.10 Å². The summed E-state index contributed by atoms with van der Waals surface area (Å²) < 4.78 is 1.66. The van der Waals surface area contributed by atoms with Gasteiger partial charge >= 0.3 is 0 Å². The maximum Gasteiger partial charge on any atom is 0.241 e. The number of aromatic nitrogens is 2. The van der Waals surface area contributed by atoms with Crippen LogP contribution in [0.25, 0.3) is 0 Å². The zero-order valence-corrected chi connectivity index (χ0v) is 12.2. The van der Waals surface area contributed by atoms with Gasteiger partial charge in [0.15, 0.2) is 0 Å². The number of rotatable bonds is 4. The van der Waals surface area contributed by atoms with Gasteiger partial charge in [0, 0.05) is 19.3 Å². The first kappa shape index (κ1) is 13.9. The quantitative estimate of drug-likeness (QED) is 0.872. The van der Waals surface area contributed by atoms with Gasteiger partial charge in [-0.05, 0) is 24.2 Å². The molecule has 1 aliphatic carbocycles. The molecule has 0 spiro atoms. The largest absolute Gasteiger partial charge is 0.379 e. The molecule has 1 saturated carbocycles. The Kier molecular flexibility index (Phi) is 3.83. The van der Waals surface area contributed by atoms with Gasteiger partial charge in [-0.3, -0.25) is 9.48 Å². The van der Waals surface area contributed by atoms with Crippen molar-refractivity contribution in [1.82, 2.24) is 15.1 Å². The molecule has 0 unspecified atom stereocenters. The molecule has 0 aromatic carbocycles. The van der Waals surface area contributed by atoms with Crippen molar-refractivity contribution < 1.29 is 4.79 Å². The van der Waals surface area contributed by atoms with Gasteiger partial charge in [0.2, 0.25) is 5.91 Å². The second kappa shape index (κ2) is 5.23. The van der Waals surface area contributed by atoms with Crippen molar-refractivity contribution in [3.63, 3.8) is 0 Å². The Morgan fingerprint density at radius 1 is 1.53 bits per heavy atom. The van der Waals surface area contributed by atoms with Crippen molar-refractivity contribution in [3.05, 3.63) is 12.4 Å². The van der Waals surface area contributed by atoms with E-state index in [-0.39, 0.29) is 12.5 Å². The maximum absolute atomic E-state index is 11.3. The van der Waals surface area contributed by atoms with Crippen molar-refractivity contribution in [2.75, 3.05) is 12.4 Å². The number of nitrogens with one attached hydrogen (secondary N) is 2. The Morgan fingerprint density at radius 3 is 2.84 bits per heavy atom. The van der Waals surface area contributed by atoms with Gasteiger partial charge in [-0.25, -0.2) is 0 Å². The molecule has 0 saturated heterocycles. The third-order valence-corrected chi connectivity index (χ3v) is 3.90. The molecule has 0 bridgehead atoms. The Hall–Kier alpha value is -1.52. The van der Waals surface area contributed by atoms with Crippen LogP contribution in [0.3, 0.4) is 0 Å². The van der Waals surface area contributed by atoms with E-state index in [0.717, 1.165) is 5.69 Å². The van der Waals surface area contributed by atoms with Gasteiger partial charge in [0.25, 0.3) is 0 Å². The Balaban J connectivity index is 1.95. The summed E-state index contributed by atoms with van der Waals surface area (Å²) in [5, 5.41) is 10.3. The molecule has 2 atom stereocenters. The topological polar surface area (TPSA) is 59.0 Å². The molecule has 1 amide bonds. The van der Waals surface area contributed by atoms with E-state index in [1.54, 1.807) is 17.9 Å². The normalized spacial score (nSPS) is 25.3. The third kappa shape index (κ3) is 3.49. The molecule has 1 fully saturated rings. The fraction of sp³-hybridized carbons (Fsp3) is 0.714. The van der Waals surface area contributed by atoms with E-state index in [9.17, 15) is 4.79 Å². The second-order valence-electron chi connectivity index (χ2n) is 6.40. The van der Waals surface area contributed by atoms with E-state index in [1.165, 1.54) is 12.8 Å². The highest BCUT2D eigenvalue weighted by atomic mass is 16.1. The zero-order valence-electron chi connectivity index (χ0n) is 12.2. The summed E-state index contributed by atoms with van der Waals surface area (Å²) in [4.78, 5) is 11.3. The molecular weight excluding hydrogens is 240 g/mol. The number of hydrogen-bond acceptors (Lipinski definition) is 3. The number of hydrogen-bond donors (Lipinski definition) is 2. The summed E-state index contributed by atoms with van der Waals surface area (Å²) >= 11 is 0. The summed E-state index contributed by atoms with van der Waals surface area (Å²) in [6.07, 6.45) is 6.11. The molecule has 1 heterocycles. The van der Waals surface area contributed by atoms with Gasteiger partial charge in [-0.15, -0.1) is 0 Å². The molecule has 0 radical (unpaired) electrons. The fourth-order valence-corrected chi connectivity index (χ4v) is 3.05. The number of carbonyl (C=O) groups is 1. The number of nitrogens with zero attached hydrogens (tertiary/aromatic N) is 2. The lowest BCUT2D eigenvalue weighted by Crippen LogP contribution is -2.24. The predicted molar refractivity (Wildman–Crippen MR) is 75.9 cm³/mol. The van der Waals surface area contributed by atoms with Crippen LogP contribution < -0.4 is 10.6 Å². The molecule has 5 nitrogen and oxygen atoms in total. The van der Waals surface area contributed by atoms with Crippen molar-refractivity contribution >= 4 is 11.6 Å². The number of amides is 1. The minimum absolute atomic E-state index is 0.0370. The zero-order chi connectivity index (χ0) is 14.0. The molecule has 0 aliphatic heterocycles. The van der Waals surface area contributed by atoms with Gasteiger partial charge in [-0.1, -0.05) is 20.8 Å².